The molecule has 0 bridgehead atoms. The van der Waals surface area contributed by atoms with Gasteiger partial charge in [0.25, 0.3) is 0 Å². The molecule has 21 heavy (non-hydrogen) atoms. The van der Waals surface area contributed by atoms with Gasteiger partial charge in [0.1, 0.15) is 9.88 Å². The van der Waals surface area contributed by atoms with Crippen molar-refractivity contribution in [3.63, 3.8) is 0 Å². The third-order valence-electron chi connectivity index (χ3n) is 2.61. The highest BCUT2D eigenvalue weighted by molar-refractivity contribution is 7.89. The van der Waals surface area contributed by atoms with Crippen molar-refractivity contribution in [1.29, 1.82) is 0 Å². The molecule has 3 N–H and O–H groups in total. The summed E-state index contributed by atoms with van der Waals surface area (Å²) in [7, 11) is -3.54. The van der Waals surface area contributed by atoms with Crippen LogP contribution in [0, 0.1) is 0 Å². The number of hydrogen-bond acceptors (Lipinski definition) is 5. The minimum absolute atomic E-state index is 0.0981. The van der Waals surface area contributed by atoms with Crippen LogP contribution in [0.15, 0.2) is 23.2 Å². The lowest BCUT2D eigenvalue weighted by molar-refractivity contribution is 0.0762. The quantitative estimate of drug-likeness (QED) is 0.521. The smallest absolute Gasteiger partial charge is 0.242 e. The summed E-state index contributed by atoms with van der Waals surface area (Å²) in [5, 5.41) is 0. The van der Waals surface area contributed by atoms with E-state index in [0.717, 1.165) is 6.42 Å². The van der Waals surface area contributed by atoms with Crippen LogP contribution >= 0.6 is 12.2 Å². The summed E-state index contributed by atoms with van der Waals surface area (Å²) in [6.45, 7) is 4.92. The predicted molar refractivity (Wildman–Crippen MR) is 85.6 cm³/mol. The normalized spacial score (nSPS) is 11.8. The van der Waals surface area contributed by atoms with E-state index in [4.69, 9.17) is 22.7 Å². The van der Waals surface area contributed by atoms with Gasteiger partial charge in [-0.15, -0.1) is 0 Å². The zero-order chi connectivity index (χ0) is 15.9. The molecular weight excluding hydrogens is 310 g/mol. The van der Waals surface area contributed by atoms with Crippen molar-refractivity contribution in [2.75, 3.05) is 13.2 Å². The van der Waals surface area contributed by atoms with Crippen molar-refractivity contribution in [3.05, 3.63) is 24.0 Å². The number of thiocarbonyl (C=S) groups is 1. The zero-order valence-electron chi connectivity index (χ0n) is 12.2. The Hall–Kier alpha value is -1.09. The van der Waals surface area contributed by atoms with E-state index in [2.05, 4.69) is 9.71 Å². The van der Waals surface area contributed by atoms with Gasteiger partial charge in [-0.25, -0.2) is 13.1 Å². The molecule has 0 spiro atoms. The predicted octanol–water partition coefficient (Wildman–Crippen LogP) is 1.20. The van der Waals surface area contributed by atoms with E-state index in [1.54, 1.807) is 0 Å². The molecule has 0 saturated carbocycles. The summed E-state index contributed by atoms with van der Waals surface area (Å²) in [6, 6.07) is 2.93. The van der Waals surface area contributed by atoms with Crippen LogP contribution in [0.4, 0.5) is 0 Å². The molecule has 0 radical (unpaired) electrons. The third-order valence-corrected chi connectivity index (χ3v) is 4.27. The molecule has 0 atom stereocenters. The van der Waals surface area contributed by atoms with Crippen LogP contribution in [0.5, 0.6) is 0 Å². The first kappa shape index (κ1) is 18.0. The van der Waals surface area contributed by atoms with E-state index in [9.17, 15) is 8.42 Å². The average molecular weight is 331 g/mol. The second-order valence-corrected chi connectivity index (χ2v) is 6.97. The van der Waals surface area contributed by atoms with Crippen LogP contribution in [0.2, 0.25) is 0 Å². The van der Waals surface area contributed by atoms with Crippen LogP contribution in [0.25, 0.3) is 0 Å². The lowest BCUT2D eigenvalue weighted by atomic mass is 10.3. The second kappa shape index (κ2) is 8.38. The molecule has 0 aliphatic carbocycles. The molecule has 6 nitrogen and oxygen atoms in total. The Labute approximate surface area is 131 Å². The third kappa shape index (κ3) is 6.47. The summed E-state index contributed by atoms with van der Waals surface area (Å²) < 4.78 is 31.9. The number of rotatable bonds is 9. The van der Waals surface area contributed by atoms with Crippen molar-refractivity contribution in [2.24, 2.45) is 5.73 Å². The Morgan fingerprint density at radius 1 is 1.43 bits per heavy atom. The van der Waals surface area contributed by atoms with Gasteiger partial charge in [-0.05, 0) is 38.8 Å². The van der Waals surface area contributed by atoms with Gasteiger partial charge in [0.2, 0.25) is 10.0 Å². The number of ether oxygens (including phenoxy) is 1. The maximum Gasteiger partial charge on any atom is 0.242 e. The van der Waals surface area contributed by atoms with Crippen LogP contribution in [-0.2, 0) is 14.8 Å². The van der Waals surface area contributed by atoms with Gasteiger partial charge in [0, 0.05) is 19.3 Å². The molecule has 0 unspecified atom stereocenters. The zero-order valence-corrected chi connectivity index (χ0v) is 13.8. The number of sulfonamides is 1. The largest absolute Gasteiger partial charge is 0.388 e. The Bertz CT molecular complexity index is 557. The van der Waals surface area contributed by atoms with E-state index in [-0.39, 0.29) is 16.0 Å². The molecule has 0 amide bonds. The summed E-state index contributed by atoms with van der Waals surface area (Å²) in [6.07, 6.45) is 2.96. The first-order chi connectivity index (χ1) is 9.83. The molecule has 8 heteroatoms. The number of hydrogen-bond donors (Lipinski definition) is 2. The molecule has 118 valence electrons. The molecule has 1 aromatic heterocycles. The van der Waals surface area contributed by atoms with Crippen molar-refractivity contribution in [3.8, 4) is 0 Å². The molecule has 1 aromatic rings. The van der Waals surface area contributed by atoms with Crippen LogP contribution in [0.3, 0.4) is 0 Å². The summed E-state index contributed by atoms with van der Waals surface area (Å²) in [4.78, 5) is 4.15. The fourth-order valence-corrected chi connectivity index (χ4v) is 2.66. The Kier molecular flexibility index (Phi) is 7.16. The maximum absolute atomic E-state index is 12.0. The summed E-state index contributed by atoms with van der Waals surface area (Å²) in [5.41, 5.74) is 5.81. The van der Waals surface area contributed by atoms with Crippen LogP contribution in [-0.4, -0.2) is 37.6 Å². The van der Waals surface area contributed by atoms with E-state index < -0.39 is 10.0 Å². The molecular formula is C13H21N3O3S2. The Morgan fingerprint density at radius 3 is 2.67 bits per heavy atom. The standard InChI is InChI=1S/C13H21N3O3S2/c1-10(2)19-8-4-3-7-16-21(17,18)11-5-6-12(13(14)20)15-9-11/h5-6,9-10,16H,3-4,7-8H2,1-2H3,(H2,14,20). The number of nitrogens with zero attached hydrogens (tertiary/aromatic N) is 1. The van der Waals surface area contributed by atoms with E-state index >= 15 is 0 Å². The lowest BCUT2D eigenvalue weighted by Crippen LogP contribution is -2.25. The van der Waals surface area contributed by atoms with E-state index in [1.807, 2.05) is 13.8 Å². The van der Waals surface area contributed by atoms with Gasteiger partial charge in [-0.1, -0.05) is 12.2 Å². The van der Waals surface area contributed by atoms with E-state index in [0.29, 0.717) is 25.3 Å². The number of pyridine rings is 1. The van der Waals surface area contributed by atoms with Crippen molar-refractivity contribution in [2.45, 2.75) is 37.7 Å². The maximum atomic E-state index is 12.0. The highest BCUT2D eigenvalue weighted by Gasteiger charge is 2.14. The molecule has 0 aliphatic heterocycles. The van der Waals surface area contributed by atoms with Crippen molar-refractivity contribution in [1.82, 2.24) is 9.71 Å². The summed E-state index contributed by atoms with van der Waals surface area (Å²) in [5.74, 6) is 0. The Balaban J connectivity index is 2.44. The first-order valence-corrected chi connectivity index (χ1v) is 8.59. The average Bonchev–Trinajstić information content (AvgIpc) is 2.42. The summed E-state index contributed by atoms with van der Waals surface area (Å²) >= 11 is 4.77. The van der Waals surface area contributed by atoms with Gasteiger partial charge in [-0.3, -0.25) is 4.98 Å². The van der Waals surface area contributed by atoms with Gasteiger partial charge in [0.15, 0.2) is 0 Å². The number of unbranched alkanes of at least 4 members (excludes halogenated alkanes) is 1. The topological polar surface area (TPSA) is 94.3 Å². The molecule has 0 aliphatic rings. The molecule has 0 saturated heterocycles. The van der Waals surface area contributed by atoms with Gasteiger partial charge in [0.05, 0.1) is 11.8 Å². The number of nitrogens with two attached hydrogens (primary N) is 1. The minimum atomic E-state index is -3.54. The monoisotopic (exact) mass is 331 g/mol. The second-order valence-electron chi connectivity index (χ2n) is 4.77. The first-order valence-electron chi connectivity index (χ1n) is 6.70. The fraction of sp³-hybridized carbons (Fsp3) is 0.538. The molecule has 0 aromatic carbocycles. The molecule has 1 rings (SSSR count). The fourth-order valence-electron chi connectivity index (χ4n) is 1.52. The van der Waals surface area contributed by atoms with Crippen LogP contribution in [0.1, 0.15) is 32.4 Å². The van der Waals surface area contributed by atoms with Crippen LogP contribution < -0.4 is 10.5 Å². The molecule has 1 heterocycles. The van der Waals surface area contributed by atoms with Crippen molar-refractivity contribution >= 4 is 27.2 Å². The van der Waals surface area contributed by atoms with Gasteiger partial charge >= 0.3 is 0 Å². The lowest BCUT2D eigenvalue weighted by Gasteiger charge is -2.08. The highest BCUT2D eigenvalue weighted by atomic mass is 32.2. The minimum Gasteiger partial charge on any atom is -0.388 e. The highest BCUT2D eigenvalue weighted by Crippen LogP contribution is 2.08. The Morgan fingerprint density at radius 2 is 2.14 bits per heavy atom. The number of nitrogens with one attached hydrogen (secondary N) is 1. The van der Waals surface area contributed by atoms with Gasteiger partial charge in [-0.2, -0.15) is 0 Å². The number of aromatic nitrogens is 1. The molecule has 0 fully saturated rings. The van der Waals surface area contributed by atoms with E-state index in [1.165, 1.54) is 18.3 Å². The SMILES string of the molecule is CC(C)OCCCCNS(=O)(=O)c1ccc(C(N)=S)nc1. The van der Waals surface area contributed by atoms with Crippen molar-refractivity contribution < 1.29 is 13.2 Å². The van der Waals surface area contributed by atoms with Gasteiger partial charge < -0.3 is 10.5 Å².